The summed E-state index contributed by atoms with van der Waals surface area (Å²) in [6.45, 7) is 6.31. The highest BCUT2D eigenvalue weighted by molar-refractivity contribution is 9.10. The van der Waals surface area contributed by atoms with Crippen molar-refractivity contribution >= 4 is 15.9 Å². The Kier molecular flexibility index (Phi) is 3.38. The third kappa shape index (κ3) is 2.84. The molecule has 1 aromatic rings. The summed E-state index contributed by atoms with van der Waals surface area (Å²) < 4.78 is 12.8. The number of rotatable bonds is 1. The molecular weight excluding hydrogens is 268 g/mol. The van der Waals surface area contributed by atoms with Crippen LogP contribution in [0.2, 0.25) is 0 Å². The maximum Gasteiger partial charge on any atom is 0.184 e. The maximum absolute atomic E-state index is 5.93. The molecule has 1 aliphatic rings. The van der Waals surface area contributed by atoms with E-state index in [1.54, 1.807) is 0 Å². The van der Waals surface area contributed by atoms with Gasteiger partial charge in [-0.3, -0.25) is 0 Å². The summed E-state index contributed by atoms with van der Waals surface area (Å²) >= 11 is 3.42. The summed E-state index contributed by atoms with van der Waals surface area (Å²) in [4.78, 5) is 0. The first kappa shape index (κ1) is 12.1. The second-order valence-corrected chi connectivity index (χ2v) is 5.83. The average molecular weight is 285 g/mol. The largest absolute Gasteiger partial charge is 0.345 e. The van der Waals surface area contributed by atoms with Crippen molar-refractivity contribution in [1.82, 2.24) is 0 Å². The molecule has 3 heteroatoms. The van der Waals surface area contributed by atoms with Gasteiger partial charge >= 0.3 is 0 Å². The summed E-state index contributed by atoms with van der Waals surface area (Å²) in [5, 5.41) is 0. The van der Waals surface area contributed by atoms with Crippen molar-refractivity contribution in [3.63, 3.8) is 0 Å². The molecule has 88 valence electrons. The van der Waals surface area contributed by atoms with Crippen LogP contribution in [0, 0.1) is 0 Å². The number of benzene rings is 1. The molecule has 1 heterocycles. The Morgan fingerprint density at radius 1 is 1.25 bits per heavy atom. The van der Waals surface area contributed by atoms with Crippen LogP contribution in [-0.2, 0) is 9.47 Å². The number of hydrogen-bond acceptors (Lipinski definition) is 2. The molecule has 0 spiro atoms. The van der Waals surface area contributed by atoms with Crippen molar-refractivity contribution in [3.8, 4) is 0 Å². The lowest BCUT2D eigenvalue weighted by molar-refractivity contribution is -0.273. The van der Waals surface area contributed by atoms with E-state index >= 15 is 0 Å². The van der Waals surface area contributed by atoms with E-state index in [1.807, 2.05) is 24.3 Å². The second-order valence-electron chi connectivity index (χ2n) is 4.91. The van der Waals surface area contributed by atoms with Crippen molar-refractivity contribution < 1.29 is 9.47 Å². The molecule has 1 fully saturated rings. The molecule has 16 heavy (non-hydrogen) atoms. The van der Waals surface area contributed by atoms with Gasteiger partial charge in [-0.15, -0.1) is 0 Å². The normalized spacial score (nSPS) is 29.0. The Balaban J connectivity index is 2.17. The SMILES string of the molecule is C[C@H]1CC(C)(C)O[C@H](c2ccc(Br)cc2)O1. The predicted octanol–water partition coefficient (Wildman–Crippen LogP) is 4.05. The zero-order chi connectivity index (χ0) is 11.8. The molecule has 1 aliphatic heterocycles. The zero-order valence-electron chi connectivity index (χ0n) is 9.87. The van der Waals surface area contributed by atoms with Gasteiger partial charge in [0.15, 0.2) is 6.29 Å². The van der Waals surface area contributed by atoms with Gasteiger partial charge in [-0.25, -0.2) is 0 Å². The molecule has 1 aromatic carbocycles. The molecule has 0 N–H and O–H groups in total. The quantitative estimate of drug-likeness (QED) is 0.775. The van der Waals surface area contributed by atoms with Crippen LogP contribution in [0.15, 0.2) is 28.7 Å². The minimum absolute atomic E-state index is 0.116. The number of halogens is 1. The molecule has 0 unspecified atom stereocenters. The van der Waals surface area contributed by atoms with Gasteiger partial charge in [-0.2, -0.15) is 0 Å². The second kappa shape index (κ2) is 4.47. The van der Waals surface area contributed by atoms with Crippen LogP contribution in [0.5, 0.6) is 0 Å². The van der Waals surface area contributed by atoms with Crippen molar-refractivity contribution in [3.05, 3.63) is 34.3 Å². The van der Waals surface area contributed by atoms with Gasteiger partial charge in [-0.05, 0) is 32.9 Å². The van der Waals surface area contributed by atoms with Gasteiger partial charge in [0.25, 0.3) is 0 Å². The zero-order valence-corrected chi connectivity index (χ0v) is 11.5. The van der Waals surface area contributed by atoms with Gasteiger partial charge in [0.1, 0.15) is 0 Å². The lowest BCUT2D eigenvalue weighted by Crippen LogP contribution is -2.38. The molecule has 2 nitrogen and oxygen atoms in total. The van der Waals surface area contributed by atoms with Crippen LogP contribution < -0.4 is 0 Å². The van der Waals surface area contributed by atoms with E-state index in [0.29, 0.717) is 0 Å². The molecule has 0 bridgehead atoms. The van der Waals surface area contributed by atoms with Crippen molar-refractivity contribution in [2.45, 2.75) is 45.2 Å². The summed E-state index contributed by atoms with van der Waals surface area (Å²) in [6.07, 6.45) is 0.921. The Morgan fingerprint density at radius 3 is 2.44 bits per heavy atom. The van der Waals surface area contributed by atoms with Gasteiger partial charge in [0.2, 0.25) is 0 Å². The Morgan fingerprint density at radius 2 is 1.88 bits per heavy atom. The molecule has 0 aromatic heterocycles. The smallest absolute Gasteiger partial charge is 0.184 e. The highest BCUT2D eigenvalue weighted by atomic mass is 79.9. The van der Waals surface area contributed by atoms with E-state index in [0.717, 1.165) is 16.5 Å². The Labute approximate surface area is 105 Å². The summed E-state index contributed by atoms with van der Waals surface area (Å²) in [5.41, 5.74) is 0.956. The van der Waals surface area contributed by atoms with E-state index in [1.165, 1.54) is 0 Å². The standard InChI is InChI=1S/C13H17BrO2/c1-9-8-13(2,3)16-12(15-9)10-4-6-11(14)7-5-10/h4-7,9,12H,8H2,1-3H3/t9-,12+/m0/s1. The van der Waals surface area contributed by atoms with Crippen LogP contribution in [0.1, 0.15) is 39.0 Å². The molecule has 2 rings (SSSR count). The van der Waals surface area contributed by atoms with Crippen molar-refractivity contribution in [2.24, 2.45) is 0 Å². The monoisotopic (exact) mass is 284 g/mol. The van der Waals surface area contributed by atoms with E-state index in [4.69, 9.17) is 9.47 Å². The maximum atomic E-state index is 5.93. The van der Waals surface area contributed by atoms with Crippen molar-refractivity contribution in [2.75, 3.05) is 0 Å². The van der Waals surface area contributed by atoms with Crippen LogP contribution in [-0.4, -0.2) is 11.7 Å². The minimum Gasteiger partial charge on any atom is -0.345 e. The Bertz CT molecular complexity index is 359. The third-order valence-corrected chi connectivity index (χ3v) is 3.23. The third-order valence-electron chi connectivity index (χ3n) is 2.70. The molecule has 0 radical (unpaired) electrons. The van der Waals surface area contributed by atoms with Crippen molar-refractivity contribution in [1.29, 1.82) is 0 Å². The fourth-order valence-electron chi connectivity index (χ4n) is 2.08. The van der Waals surface area contributed by atoms with E-state index in [-0.39, 0.29) is 18.0 Å². The van der Waals surface area contributed by atoms with E-state index < -0.39 is 0 Å². The van der Waals surface area contributed by atoms with E-state index in [2.05, 4.69) is 36.7 Å². The average Bonchev–Trinajstić information content (AvgIpc) is 2.15. The van der Waals surface area contributed by atoms with Crippen LogP contribution in [0.25, 0.3) is 0 Å². The summed E-state index contributed by atoms with van der Waals surface area (Å²) in [6, 6.07) is 8.08. The Hall–Kier alpha value is -0.380. The van der Waals surface area contributed by atoms with Gasteiger partial charge in [-0.1, -0.05) is 28.1 Å². The molecular formula is C13H17BrO2. The van der Waals surface area contributed by atoms with Crippen LogP contribution >= 0.6 is 15.9 Å². The van der Waals surface area contributed by atoms with E-state index in [9.17, 15) is 0 Å². The lowest BCUT2D eigenvalue weighted by Gasteiger charge is -2.39. The number of ether oxygens (including phenoxy) is 2. The highest BCUT2D eigenvalue weighted by Crippen LogP contribution is 2.35. The minimum atomic E-state index is -0.244. The molecule has 0 aliphatic carbocycles. The fourth-order valence-corrected chi connectivity index (χ4v) is 2.35. The number of hydrogen-bond donors (Lipinski definition) is 0. The van der Waals surface area contributed by atoms with Gasteiger partial charge in [0.05, 0.1) is 11.7 Å². The topological polar surface area (TPSA) is 18.5 Å². The van der Waals surface area contributed by atoms with Crippen LogP contribution in [0.4, 0.5) is 0 Å². The predicted molar refractivity (Wildman–Crippen MR) is 67.2 cm³/mol. The summed E-state index contributed by atoms with van der Waals surface area (Å²) in [5.74, 6) is 0. The first-order valence-electron chi connectivity index (χ1n) is 5.55. The molecule has 1 saturated heterocycles. The summed E-state index contributed by atoms with van der Waals surface area (Å²) in [7, 11) is 0. The molecule has 0 amide bonds. The van der Waals surface area contributed by atoms with Crippen LogP contribution in [0.3, 0.4) is 0 Å². The molecule has 2 atom stereocenters. The fraction of sp³-hybridized carbons (Fsp3) is 0.538. The van der Waals surface area contributed by atoms with Gasteiger partial charge < -0.3 is 9.47 Å². The first-order valence-corrected chi connectivity index (χ1v) is 6.34. The first-order chi connectivity index (χ1) is 7.46. The molecule has 0 saturated carbocycles. The highest BCUT2D eigenvalue weighted by Gasteiger charge is 2.33. The lowest BCUT2D eigenvalue weighted by atomic mass is 9.99. The van der Waals surface area contributed by atoms with Gasteiger partial charge in [0, 0.05) is 16.5 Å².